The quantitative estimate of drug-likeness (QED) is 0.450. The molecule has 1 amide bonds. The maximum Gasteiger partial charge on any atom is 0.410 e. The smallest absolute Gasteiger partial charge is 0.410 e. The van der Waals surface area contributed by atoms with Crippen LogP contribution in [0.25, 0.3) is 10.9 Å². The van der Waals surface area contributed by atoms with Crippen LogP contribution in [0.1, 0.15) is 33.6 Å². The molecule has 2 saturated heterocycles. The fourth-order valence-electron chi connectivity index (χ4n) is 4.12. The first-order valence-corrected chi connectivity index (χ1v) is 10.6. The van der Waals surface area contributed by atoms with Crippen LogP contribution in [0.2, 0.25) is 5.28 Å². The number of phenolic OH excluding ortho intramolecular Hbond substituents is 1. The van der Waals surface area contributed by atoms with Gasteiger partial charge >= 0.3 is 6.09 Å². The van der Waals surface area contributed by atoms with Gasteiger partial charge in [-0.1, -0.05) is 0 Å². The number of ether oxygens (including phenoxy) is 1. The molecular formula is C19H20BrClF2N4O3. The van der Waals surface area contributed by atoms with Gasteiger partial charge in [-0.2, -0.15) is 4.98 Å². The lowest BCUT2D eigenvalue weighted by Crippen LogP contribution is -2.57. The summed E-state index contributed by atoms with van der Waals surface area (Å²) in [6, 6.07) is -0.335. The van der Waals surface area contributed by atoms with Crippen LogP contribution in [0, 0.1) is 11.6 Å². The van der Waals surface area contributed by atoms with E-state index in [-0.39, 0.29) is 40.2 Å². The van der Waals surface area contributed by atoms with Crippen LogP contribution in [0.5, 0.6) is 5.75 Å². The summed E-state index contributed by atoms with van der Waals surface area (Å²) in [5, 5.41) is 9.49. The third-order valence-electron chi connectivity index (χ3n) is 5.28. The van der Waals surface area contributed by atoms with Gasteiger partial charge < -0.3 is 14.7 Å². The number of carbonyl (C=O) groups is 1. The van der Waals surface area contributed by atoms with E-state index in [0.717, 1.165) is 12.8 Å². The zero-order chi connectivity index (χ0) is 22.0. The SMILES string of the molecule is CC(C)(C)OC(=O)N1C2CCC1CN(c1nc(Cl)nc3c(F)c(Br)c(O)c(F)c13)C2. The minimum absolute atomic E-state index is 0.0879. The standard InChI is InChI=1S/C19H20BrClF2N4O3/c1-19(2,3)30-18(29)27-8-4-5-9(27)7-26(6-8)16-10-12(22)15(28)11(20)13(23)14(10)24-17(21)25-16/h8-9,28H,4-7H2,1-3H3. The molecule has 0 radical (unpaired) electrons. The van der Waals surface area contributed by atoms with Gasteiger partial charge in [-0.05, 0) is 61.1 Å². The van der Waals surface area contributed by atoms with Gasteiger partial charge in [-0.15, -0.1) is 0 Å². The lowest BCUT2D eigenvalue weighted by atomic mass is 10.1. The Morgan fingerprint density at radius 3 is 2.37 bits per heavy atom. The number of phenols is 1. The van der Waals surface area contributed by atoms with E-state index < -0.39 is 27.5 Å². The third-order valence-corrected chi connectivity index (χ3v) is 6.18. The lowest BCUT2D eigenvalue weighted by Gasteiger charge is -2.42. The summed E-state index contributed by atoms with van der Waals surface area (Å²) in [4.78, 5) is 24.1. The molecule has 2 aromatic rings. The predicted molar refractivity (Wildman–Crippen MR) is 111 cm³/mol. The van der Waals surface area contributed by atoms with Gasteiger partial charge in [0.05, 0.1) is 17.5 Å². The Hall–Kier alpha value is -1.94. The van der Waals surface area contributed by atoms with E-state index in [4.69, 9.17) is 16.3 Å². The first-order chi connectivity index (χ1) is 14.0. The minimum Gasteiger partial charge on any atom is -0.504 e. The highest BCUT2D eigenvalue weighted by molar-refractivity contribution is 9.10. The van der Waals surface area contributed by atoms with Crippen molar-refractivity contribution in [3.63, 3.8) is 0 Å². The van der Waals surface area contributed by atoms with Crippen LogP contribution in [0.4, 0.5) is 19.4 Å². The summed E-state index contributed by atoms with van der Waals surface area (Å²) < 4.78 is 34.7. The van der Waals surface area contributed by atoms with E-state index >= 15 is 0 Å². The molecule has 2 atom stereocenters. The van der Waals surface area contributed by atoms with Crippen LogP contribution < -0.4 is 4.90 Å². The molecule has 0 saturated carbocycles. The Morgan fingerprint density at radius 2 is 1.80 bits per heavy atom. The van der Waals surface area contributed by atoms with E-state index in [1.54, 1.807) is 30.6 Å². The molecule has 1 aromatic carbocycles. The molecule has 0 aliphatic carbocycles. The van der Waals surface area contributed by atoms with Gasteiger partial charge in [-0.3, -0.25) is 4.90 Å². The van der Waals surface area contributed by atoms with Crippen molar-refractivity contribution in [2.45, 2.75) is 51.3 Å². The summed E-state index contributed by atoms with van der Waals surface area (Å²) in [5.74, 6) is -2.73. The number of carbonyl (C=O) groups excluding carboxylic acids is 1. The Morgan fingerprint density at radius 1 is 1.20 bits per heavy atom. The molecule has 2 aliphatic rings. The zero-order valence-corrected chi connectivity index (χ0v) is 18.9. The molecule has 1 aromatic heterocycles. The van der Waals surface area contributed by atoms with Gasteiger partial charge in [0.2, 0.25) is 5.28 Å². The monoisotopic (exact) mass is 504 g/mol. The van der Waals surface area contributed by atoms with Crippen molar-refractivity contribution in [2.24, 2.45) is 0 Å². The van der Waals surface area contributed by atoms with Crippen molar-refractivity contribution in [3.05, 3.63) is 21.4 Å². The normalized spacial score (nSPS) is 21.4. The summed E-state index contributed by atoms with van der Waals surface area (Å²) in [7, 11) is 0. The Labute approximate surface area is 185 Å². The third kappa shape index (κ3) is 3.53. The zero-order valence-electron chi connectivity index (χ0n) is 16.5. The Balaban J connectivity index is 1.73. The first kappa shape index (κ1) is 21.3. The lowest BCUT2D eigenvalue weighted by molar-refractivity contribution is 0.0123. The molecule has 2 aliphatic heterocycles. The van der Waals surface area contributed by atoms with Crippen molar-refractivity contribution in [1.29, 1.82) is 0 Å². The Kier molecular flexibility index (Phi) is 5.21. The maximum atomic E-state index is 14.9. The summed E-state index contributed by atoms with van der Waals surface area (Å²) in [6.07, 6.45) is 1.12. The minimum atomic E-state index is -1.04. The molecule has 2 bridgehead atoms. The van der Waals surface area contributed by atoms with E-state index in [1.807, 2.05) is 0 Å². The number of rotatable bonds is 1. The molecule has 3 heterocycles. The number of fused-ring (bicyclic) bond motifs is 3. The van der Waals surface area contributed by atoms with E-state index in [0.29, 0.717) is 13.1 Å². The van der Waals surface area contributed by atoms with Crippen LogP contribution in [-0.2, 0) is 4.74 Å². The van der Waals surface area contributed by atoms with Gasteiger partial charge in [0.1, 0.15) is 21.4 Å². The number of amides is 1. The number of piperazine rings is 1. The second-order valence-electron chi connectivity index (χ2n) is 8.51. The number of hydrogen-bond donors (Lipinski definition) is 1. The number of aromatic nitrogens is 2. The van der Waals surface area contributed by atoms with Crippen LogP contribution in [0.15, 0.2) is 4.47 Å². The molecule has 1 N–H and O–H groups in total. The maximum absolute atomic E-state index is 14.9. The number of benzene rings is 1. The van der Waals surface area contributed by atoms with E-state index in [9.17, 15) is 18.7 Å². The van der Waals surface area contributed by atoms with Crippen LogP contribution in [0.3, 0.4) is 0 Å². The number of hydrogen-bond acceptors (Lipinski definition) is 6. The number of halogens is 4. The largest absolute Gasteiger partial charge is 0.504 e. The molecule has 162 valence electrons. The van der Waals surface area contributed by atoms with Crippen molar-refractivity contribution in [3.8, 4) is 5.75 Å². The van der Waals surface area contributed by atoms with Crippen LogP contribution >= 0.6 is 27.5 Å². The molecule has 2 unspecified atom stereocenters. The predicted octanol–water partition coefficient (Wildman–Crippen LogP) is 4.62. The highest BCUT2D eigenvalue weighted by Gasteiger charge is 2.45. The first-order valence-electron chi connectivity index (χ1n) is 9.47. The summed E-state index contributed by atoms with van der Waals surface area (Å²) in [5.41, 5.74) is -0.940. The van der Waals surface area contributed by atoms with E-state index in [1.165, 1.54) is 0 Å². The van der Waals surface area contributed by atoms with E-state index in [2.05, 4.69) is 25.9 Å². The molecule has 11 heteroatoms. The van der Waals surface area contributed by atoms with Crippen molar-refractivity contribution in [2.75, 3.05) is 18.0 Å². The van der Waals surface area contributed by atoms with Gasteiger partial charge in [0.25, 0.3) is 0 Å². The molecule has 2 fully saturated rings. The number of nitrogens with zero attached hydrogens (tertiary/aromatic N) is 4. The fraction of sp³-hybridized carbons (Fsp3) is 0.526. The summed E-state index contributed by atoms with van der Waals surface area (Å²) in [6.45, 7) is 6.10. The van der Waals surface area contributed by atoms with Gasteiger partial charge in [0, 0.05) is 13.1 Å². The van der Waals surface area contributed by atoms with Gasteiger partial charge in [-0.25, -0.2) is 18.6 Å². The average Bonchev–Trinajstić information content (AvgIpc) is 2.92. The second kappa shape index (κ2) is 7.33. The number of anilines is 1. The van der Waals surface area contributed by atoms with Gasteiger partial charge in [0.15, 0.2) is 17.4 Å². The number of aromatic hydroxyl groups is 1. The van der Waals surface area contributed by atoms with Crippen molar-refractivity contribution >= 4 is 50.3 Å². The molecule has 30 heavy (non-hydrogen) atoms. The highest BCUT2D eigenvalue weighted by Crippen LogP contribution is 2.41. The molecular weight excluding hydrogens is 486 g/mol. The average molecular weight is 506 g/mol. The topological polar surface area (TPSA) is 78.8 Å². The van der Waals surface area contributed by atoms with Crippen LogP contribution in [-0.4, -0.2) is 56.8 Å². The molecule has 7 nitrogen and oxygen atoms in total. The molecule has 0 spiro atoms. The Bertz CT molecular complexity index is 1040. The van der Waals surface area contributed by atoms with Crippen molar-refractivity contribution in [1.82, 2.24) is 14.9 Å². The fourth-order valence-corrected chi connectivity index (χ4v) is 4.65. The highest BCUT2D eigenvalue weighted by atomic mass is 79.9. The molecule has 4 rings (SSSR count). The summed E-state index contributed by atoms with van der Waals surface area (Å²) >= 11 is 8.83. The second-order valence-corrected chi connectivity index (χ2v) is 9.64. The van der Waals surface area contributed by atoms with Crippen molar-refractivity contribution < 1.29 is 23.4 Å².